The monoisotopic (exact) mass is 1740 g/mol. The minimum Gasteiger partial charge on any atom is -0.744 e. The highest BCUT2D eigenvalue weighted by molar-refractivity contribution is 7.95. The fourth-order valence-electron chi connectivity index (χ4n) is 9.36. The van der Waals surface area contributed by atoms with Crippen LogP contribution in [0.15, 0.2) is 239 Å². The van der Waals surface area contributed by atoms with E-state index in [0.717, 1.165) is 30.0 Å². The zero-order valence-corrected chi connectivity index (χ0v) is 69.6. The molecule has 1 unspecified atom stereocenters. The van der Waals surface area contributed by atoms with Gasteiger partial charge in [-0.3, -0.25) is 19.2 Å². The SMILES string of the molecule is C.C.C=C(C)C(=O)OCCC.C=C(C)C(=O)Oc1ccc2cc(C)ccc2c1.CC(=O)Oc1c(F)c(F)c(S(=O)(=O)[O-])c(F)c1F.CCC(C)(C)C(=O)Oc1ccc([S+](C)C)cc1.CCC(C)(C)C(C)Oc1ccc(S(=O)(=O)ON2C(=O)c3ccccc3C2=O)cc1.O=S(=O)([O-])C(F)(F)F.c1ccc(C(c2ccccc2)c2ccccc2)cc1. The summed E-state index contributed by atoms with van der Waals surface area (Å²) in [7, 11) is -16.0. The van der Waals surface area contributed by atoms with Crippen LogP contribution in [-0.2, 0) is 69.4 Å². The average Bonchev–Trinajstić information content (AvgIpc) is 1.74. The van der Waals surface area contributed by atoms with E-state index < -0.39 is 98.9 Å². The van der Waals surface area contributed by atoms with Crippen LogP contribution in [0.25, 0.3) is 10.8 Å². The Balaban J connectivity index is 0.000000485. The van der Waals surface area contributed by atoms with E-state index in [0.29, 0.717) is 47.8 Å². The van der Waals surface area contributed by atoms with Crippen molar-refractivity contribution in [3.05, 3.63) is 281 Å². The highest BCUT2D eigenvalue weighted by atomic mass is 32.2. The maximum Gasteiger partial charge on any atom is 0.485 e. The Morgan fingerprint density at radius 2 is 0.950 bits per heavy atom. The molecule has 0 radical (unpaired) electrons. The molecule has 644 valence electrons. The zero-order valence-electron chi connectivity index (χ0n) is 66.3. The fraction of sp³-hybridized carbons (Fsp3) is 0.287. The third-order valence-corrected chi connectivity index (χ3v) is 20.8. The second-order valence-electron chi connectivity index (χ2n) is 27.1. The summed E-state index contributed by atoms with van der Waals surface area (Å²) < 4.78 is 198. The van der Waals surface area contributed by atoms with Gasteiger partial charge in [-0.2, -0.15) is 30.4 Å². The van der Waals surface area contributed by atoms with Crippen molar-refractivity contribution in [3.8, 4) is 23.0 Å². The van der Waals surface area contributed by atoms with Crippen molar-refractivity contribution in [2.24, 2.45) is 10.8 Å². The largest absolute Gasteiger partial charge is 0.744 e. The summed E-state index contributed by atoms with van der Waals surface area (Å²) in [5.74, 6) is -13.0. The molecule has 1 heterocycles. The summed E-state index contributed by atoms with van der Waals surface area (Å²) in [5.41, 5.74) is 0.166. The standard InChI is InChI=1S/C21H23NO6S.C19H16.C15H14O2.C14H21O2S.C8H4F4O5S.C7H12O2.CHF3O3S.2CH4/c1-5-21(3,4)14(2)27-15-10-12-16(13-11-15)29(25,26)28-22-19(23)17-8-6-7-9-18(17)20(22)24;1-4-10-16(11-5-1)19(17-12-6-2-7-13-17)18-14-8-3-9-15-18;1-10(2)15(16)17-14-7-6-12-8-11(3)4-5-13(12)9-14;1-6-14(2,3)13(15)16-11-7-9-12(10-8-11)17(4)5;1-2(13)17-7-3(9)5(11)8(18(14,15)16)6(12)4(7)10;1-4-5-9-7(8)6(2)3;2-1(3,4)8(5,6)7;;/h6-14H,5H2,1-4H3;1-15,19H;4-9H,1H2,2-3H3;7-10H,6H2,1-5H3;1H3,(H,14,15,16);2,4-5H2,1,3H3;(H,5,6,7);2*1H4/q;;;+1;;;;;/p-2. The lowest BCUT2D eigenvalue weighted by molar-refractivity contribution is -0.144. The Labute approximate surface area is 694 Å². The summed E-state index contributed by atoms with van der Waals surface area (Å²) in [6.07, 6.45) is 6.82. The number of imide groups is 1. The van der Waals surface area contributed by atoms with Gasteiger partial charge >= 0.3 is 39.5 Å². The summed E-state index contributed by atoms with van der Waals surface area (Å²) in [6, 6.07) is 63.3. The Kier molecular flexibility index (Phi) is 40.7. The fourth-order valence-corrected chi connectivity index (χ4v) is 11.5. The number of ether oxygens (including phenoxy) is 5. The van der Waals surface area contributed by atoms with Crippen molar-refractivity contribution in [1.82, 2.24) is 5.06 Å². The van der Waals surface area contributed by atoms with Gasteiger partial charge in [0.1, 0.15) is 50.9 Å². The van der Waals surface area contributed by atoms with Crippen LogP contribution in [0.4, 0.5) is 30.7 Å². The van der Waals surface area contributed by atoms with Crippen LogP contribution >= 0.6 is 0 Å². The van der Waals surface area contributed by atoms with Crippen molar-refractivity contribution in [2.75, 3.05) is 19.1 Å². The number of halogens is 7. The number of fused-ring (bicyclic) bond motifs is 2. The lowest BCUT2D eigenvalue weighted by Gasteiger charge is -2.30. The van der Waals surface area contributed by atoms with Gasteiger partial charge in [-0.15, -0.1) is 9.35 Å². The Hall–Kier alpha value is -10.9. The molecule has 119 heavy (non-hydrogen) atoms. The van der Waals surface area contributed by atoms with Gasteiger partial charge < -0.3 is 32.8 Å². The number of rotatable bonds is 21. The van der Waals surface area contributed by atoms with Crippen molar-refractivity contribution < 1.29 is 122 Å². The highest BCUT2D eigenvalue weighted by Crippen LogP contribution is 2.36. The molecule has 0 aromatic heterocycles. The minimum atomic E-state index is -6.09. The zero-order chi connectivity index (χ0) is 88.3. The predicted octanol–water partition coefficient (Wildman–Crippen LogP) is 19.5. The quantitative estimate of drug-likeness (QED) is 0.00616. The van der Waals surface area contributed by atoms with Crippen LogP contribution < -0.4 is 18.9 Å². The smallest absolute Gasteiger partial charge is 0.485 e. The lowest BCUT2D eigenvalue weighted by Crippen LogP contribution is -2.32. The number of alkyl halides is 3. The molecule has 32 heteroatoms. The molecule has 0 aliphatic carbocycles. The minimum absolute atomic E-state index is 0. The van der Waals surface area contributed by atoms with Gasteiger partial charge in [0.05, 0.1) is 28.0 Å². The van der Waals surface area contributed by atoms with Gasteiger partial charge in [-0.05, 0) is 161 Å². The summed E-state index contributed by atoms with van der Waals surface area (Å²) in [6.45, 7) is 29.4. The highest BCUT2D eigenvalue weighted by Gasteiger charge is 2.41. The molecular formula is C87H97F7NO20S4-. The summed E-state index contributed by atoms with van der Waals surface area (Å²) in [5, 5.41) is 2.47. The molecule has 0 fully saturated rings. The molecule has 0 saturated heterocycles. The molecule has 1 aliphatic rings. The number of esters is 4. The van der Waals surface area contributed by atoms with Crippen LogP contribution in [-0.4, -0.2) is 106 Å². The third kappa shape index (κ3) is 31.4. The molecular weight excluding hydrogens is 1640 g/mol. The van der Waals surface area contributed by atoms with E-state index in [1.807, 2.05) is 83.1 Å². The molecule has 9 aromatic rings. The van der Waals surface area contributed by atoms with Gasteiger partial charge in [0.2, 0.25) is 17.4 Å². The second-order valence-corrected chi connectivity index (χ2v) is 33.4. The van der Waals surface area contributed by atoms with Crippen molar-refractivity contribution in [1.29, 1.82) is 0 Å². The first-order chi connectivity index (χ1) is 54.4. The molecule has 21 nitrogen and oxygen atoms in total. The number of carbonyl (C=O) groups excluding carboxylic acids is 6. The number of aryl methyl sites for hydroxylation is 1. The molecule has 0 spiro atoms. The number of hydrogen-bond acceptors (Lipinski definition) is 20. The number of carbonyl (C=O) groups is 6. The van der Waals surface area contributed by atoms with E-state index in [2.05, 4.69) is 155 Å². The van der Waals surface area contributed by atoms with E-state index >= 15 is 0 Å². The van der Waals surface area contributed by atoms with Crippen molar-refractivity contribution >= 4 is 87.7 Å². The summed E-state index contributed by atoms with van der Waals surface area (Å²) >= 11 is 0. The van der Waals surface area contributed by atoms with Crippen LogP contribution in [0, 0.1) is 41.0 Å². The van der Waals surface area contributed by atoms with E-state index in [-0.39, 0.29) is 70.3 Å². The normalized spacial score (nSPS) is 11.9. The van der Waals surface area contributed by atoms with Gasteiger partial charge in [-0.1, -0.05) is 196 Å². The molecule has 9 aromatic carbocycles. The van der Waals surface area contributed by atoms with Gasteiger partial charge in [0.15, 0.2) is 26.6 Å². The number of hydrogen-bond donors (Lipinski definition) is 0. The number of benzene rings is 9. The maximum atomic E-state index is 13.1. The average molecular weight is 1740 g/mol. The van der Waals surface area contributed by atoms with Crippen molar-refractivity contribution in [2.45, 2.75) is 149 Å². The first kappa shape index (κ1) is 104. The Bertz CT molecular complexity index is 5150. The first-order valence-electron chi connectivity index (χ1n) is 35.4. The molecule has 1 aliphatic heterocycles. The van der Waals surface area contributed by atoms with E-state index in [1.54, 1.807) is 32.0 Å². The van der Waals surface area contributed by atoms with Crippen LogP contribution in [0.1, 0.15) is 159 Å². The molecule has 10 rings (SSSR count). The molecule has 2 amide bonds. The number of amides is 2. The van der Waals surface area contributed by atoms with Gasteiger partial charge in [-0.25, -0.2) is 35.2 Å². The topological polar surface area (TPSA) is 310 Å². The first-order valence-corrected chi connectivity index (χ1v) is 41.7. The van der Waals surface area contributed by atoms with E-state index in [1.165, 1.54) is 63.5 Å². The second kappa shape index (κ2) is 46.5. The predicted molar refractivity (Wildman–Crippen MR) is 440 cm³/mol. The van der Waals surface area contributed by atoms with Crippen LogP contribution in [0.2, 0.25) is 0 Å². The van der Waals surface area contributed by atoms with Crippen LogP contribution in [0.5, 0.6) is 23.0 Å². The van der Waals surface area contributed by atoms with E-state index in [4.69, 9.17) is 36.2 Å². The number of nitrogens with zero attached hydrogens (tertiary/aromatic N) is 1. The summed E-state index contributed by atoms with van der Waals surface area (Å²) in [4.78, 5) is 67.7. The molecule has 0 bridgehead atoms. The van der Waals surface area contributed by atoms with Gasteiger partial charge in [0, 0.05) is 40.3 Å². The maximum absolute atomic E-state index is 13.1. The lowest BCUT2D eigenvalue weighted by atomic mass is 9.85. The Morgan fingerprint density at radius 1 is 0.538 bits per heavy atom. The molecule has 0 N–H and O–H groups in total. The third-order valence-electron chi connectivity index (χ3n) is 17.0. The molecule has 1 atom stereocenters. The van der Waals surface area contributed by atoms with Crippen molar-refractivity contribution in [3.63, 3.8) is 0 Å². The van der Waals surface area contributed by atoms with Gasteiger partial charge in [0.25, 0.3) is 11.8 Å². The van der Waals surface area contributed by atoms with Crippen LogP contribution in [0.3, 0.4) is 0 Å². The molecule has 0 saturated carbocycles. The van der Waals surface area contributed by atoms with E-state index in [9.17, 15) is 80.9 Å². The number of hydroxylamine groups is 2. The Morgan fingerprint density at radius 3 is 1.34 bits per heavy atom.